The van der Waals surface area contributed by atoms with E-state index in [1.807, 2.05) is 12.1 Å². The molecule has 0 saturated heterocycles. The summed E-state index contributed by atoms with van der Waals surface area (Å²) in [6, 6.07) is 80.8. The fourth-order valence-corrected chi connectivity index (χ4v) is 8.58. The number of hydrogen-bond acceptors (Lipinski definition) is 4. The third-order valence-electron chi connectivity index (χ3n) is 11.5. The van der Waals surface area contributed by atoms with Gasteiger partial charge in [0.05, 0.1) is 28.3 Å². The first-order valence-electron chi connectivity index (χ1n) is 20.6. The van der Waals surface area contributed by atoms with Gasteiger partial charge in [-0.15, -0.1) is 0 Å². The Hall–Kier alpha value is -8.21. The molecule has 4 nitrogen and oxygen atoms in total. The van der Waals surface area contributed by atoms with Crippen molar-refractivity contribution >= 4 is 49.5 Å². The Morgan fingerprint density at radius 2 is 0.820 bits per heavy atom. The molecule has 2 aromatic heterocycles. The van der Waals surface area contributed by atoms with Crippen LogP contribution in [-0.4, -0.2) is 15.0 Å². The third-order valence-corrected chi connectivity index (χ3v) is 11.5. The van der Waals surface area contributed by atoms with Gasteiger partial charge in [0.2, 0.25) is 0 Å². The number of fused-ring (bicyclic) bond motifs is 5. The highest BCUT2D eigenvalue weighted by Crippen LogP contribution is 2.45. The zero-order chi connectivity index (χ0) is 40.5. The molecule has 0 unspecified atom stereocenters. The van der Waals surface area contributed by atoms with Gasteiger partial charge < -0.3 is 4.90 Å². The second kappa shape index (κ2) is 15.5. The largest absolute Gasteiger partial charge is 0.308 e. The van der Waals surface area contributed by atoms with Crippen LogP contribution in [0.4, 0.5) is 17.1 Å². The first-order valence-corrected chi connectivity index (χ1v) is 20.6. The van der Waals surface area contributed by atoms with Gasteiger partial charge in [-0.1, -0.05) is 194 Å². The van der Waals surface area contributed by atoms with Crippen LogP contribution in [0.5, 0.6) is 0 Å². The van der Waals surface area contributed by atoms with Crippen molar-refractivity contribution in [2.45, 2.75) is 0 Å². The molecular weight excluding hydrogens is 741 g/mol. The van der Waals surface area contributed by atoms with E-state index in [-0.39, 0.29) is 0 Å². The summed E-state index contributed by atoms with van der Waals surface area (Å²) in [5.74, 6) is 0.682. The Labute approximate surface area is 354 Å². The summed E-state index contributed by atoms with van der Waals surface area (Å²) >= 11 is 0. The van der Waals surface area contributed by atoms with E-state index in [0.717, 1.165) is 94.4 Å². The third kappa shape index (κ3) is 6.67. The Balaban J connectivity index is 1.16. The van der Waals surface area contributed by atoms with Crippen molar-refractivity contribution in [2.24, 2.45) is 0 Å². The van der Waals surface area contributed by atoms with Crippen LogP contribution in [0.3, 0.4) is 0 Å². The predicted molar refractivity (Wildman–Crippen MR) is 254 cm³/mol. The molecule has 0 atom stereocenters. The number of rotatable bonds is 8. The van der Waals surface area contributed by atoms with Gasteiger partial charge in [0.15, 0.2) is 5.82 Å². The molecule has 0 aliphatic carbocycles. The molecule has 0 spiro atoms. The van der Waals surface area contributed by atoms with Crippen LogP contribution in [0.15, 0.2) is 231 Å². The highest BCUT2D eigenvalue weighted by Gasteiger charge is 2.21. The van der Waals surface area contributed by atoms with E-state index in [9.17, 15) is 0 Å². The number of nitrogens with zero attached hydrogens (tertiary/aromatic N) is 4. The molecule has 0 bridgehead atoms. The van der Waals surface area contributed by atoms with E-state index in [1.165, 1.54) is 5.56 Å². The molecule has 0 N–H and O–H groups in total. The van der Waals surface area contributed by atoms with E-state index in [4.69, 9.17) is 15.0 Å². The van der Waals surface area contributed by atoms with Crippen LogP contribution in [-0.2, 0) is 0 Å². The summed E-state index contributed by atoms with van der Waals surface area (Å²) < 4.78 is 0. The second-order valence-corrected chi connectivity index (χ2v) is 15.2. The Kier molecular flexibility index (Phi) is 9.14. The Morgan fingerprint density at radius 1 is 0.311 bits per heavy atom. The smallest absolute Gasteiger partial charge is 0.160 e. The average Bonchev–Trinajstić information content (AvgIpc) is 3.35. The summed E-state index contributed by atoms with van der Waals surface area (Å²) in [5.41, 5.74) is 13.2. The van der Waals surface area contributed by atoms with Gasteiger partial charge in [-0.05, 0) is 58.3 Å². The van der Waals surface area contributed by atoms with E-state index in [0.29, 0.717) is 5.82 Å². The molecule has 11 rings (SSSR count). The highest BCUT2D eigenvalue weighted by molar-refractivity contribution is 6.25. The Morgan fingerprint density at radius 3 is 1.48 bits per heavy atom. The van der Waals surface area contributed by atoms with Crippen molar-refractivity contribution in [1.82, 2.24) is 15.0 Å². The van der Waals surface area contributed by atoms with Crippen LogP contribution in [0, 0.1) is 0 Å². The zero-order valence-corrected chi connectivity index (χ0v) is 33.2. The first-order chi connectivity index (χ1) is 30.3. The minimum absolute atomic E-state index is 0.682. The van der Waals surface area contributed by atoms with Gasteiger partial charge in [-0.25, -0.2) is 15.0 Å². The van der Waals surface area contributed by atoms with E-state index < -0.39 is 0 Å². The van der Waals surface area contributed by atoms with Crippen molar-refractivity contribution in [3.8, 4) is 56.3 Å². The monoisotopic (exact) mass is 778 g/mol. The van der Waals surface area contributed by atoms with Crippen molar-refractivity contribution in [3.63, 3.8) is 0 Å². The van der Waals surface area contributed by atoms with Crippen molar-refractivity contribution in [2.75, 3.05) is 4.90 Å². The topological polar surface area (TPSA) is 41.9 Å². The van der Waals surface area contributed by atoms with Gasteiger partial charge in [-0.2, -0.15) is 0 Å². The first kappa shape index (κ1) is 35.9. The molecule has 0 aliphatic rings. The maximum absolute atomic E-state index is 5.59. The Bertz CT molecular complexity index is 3280. The fraction of sp³-hybridized carbons (Fsp3) is 0. The van der Waals surface area contributed by atoms with Crippen LogP contribution in [0.1, 0.15) is 0 Å². The highest BCUT2D eigenvalue weighted by atomic mass is 15.1. The minimum atomic E-state index is 0.682. The van der Waals surface area contributed by atoms with Gasteiger partial charge in [-0.3, -0.25) is 0 Å². The maximum Gasteiger partial charge on any atom is 0.160 e. The van der Waals surface area contributed by atoms with Crippen LogP contribution < -0.4 is 4.90 Å². The fourth-order valence-electron chi connectivity index (χ4n) is 8.58. The molecule has 0 saturated carbocycles. The summed E-state index contributed by atoms with van der Waals surface area (Å²) in [6.07, 6.45) is 0. The van der Waals surface area contributed by atoms with Crippen LogP contribution >= 0.6 is 0 Å². The lowest BCUT2D eigenvalue weighted by molar-refractivity contribution is 1.18. The number of benzene rings is 9. The van der Waals surface area contributed by atoms with Gasteiger partial charge in [0.1, 0.15) is 0 Å². The van der Waals surface area contributed by atoms with Gasteiger partial charge >= 0.3 is 0 Å². The van der Waals surface area contributed by atoms with Crippen molar-refractivity contribution < 1.29 is 0 Å². The zero-order valence-electron chi connectivity index (χ0n) is 33.2. The summed E-state index contributed by atoms with van der Waals surface area (Å²) in [7, 11) is 0. The average molecular weight is 779 g/mol. The van der Waals surface area contributed by atoms with E-state index >= 15 is 0 Å². The maximum atomic E-state index is 5.59. The molecule has 0 amide bonds. The van der Waals surface area contributed by atoms with Gasteiger partial charge in [0, 0.05) is 49.8 Å². The number of hydrogen-bond donors (Lipinski definition) is 0. The quantitative estimate of drug-likeness (QED) is 0.144. The van der Waals surface area contributed by atoms with Crippen molar-refractivity contribution in [1.29, 1.82) is 0 Å². The summed E-state index contributed by atoms with van der Waals surface area (Å²) in [4.78, 5) is 18.4. The number of para-hydroxylation sites is 3. The van der Waals surface area contributed by atoms with Gasteiger partial charge in [0.25, 0.3) is 0 Å². The number of anilines is 3. The SMILES string of the molecule is c1ccc(-c2ccc(-c3nc(-c4ccccc4)cc(-c4cccc5c4ccc4c(-c6ccccc6)nc6c(N(c7ccccc7)c7ccccc7)cccc6c45)n3)cc2)cc1. The molecule has 4 heteroatoms. The lowest BCUT2D eigenvalue weighted by Gasteiger charge is -2.27. The van der Waals surface area contributed by atoms with E-state index in [1.54, 1.807) is 0 Å². The lowest BCUT2D eigenvalue weighted by Crippen LogP contribution is -2.11. The molecule has 61 heavy (non-hydrogen) atoms. The standard InChI is InChI=1S/C57H38N4/c1-6-18-39(19-7-1)40-32-34-43(35-33-40)57-58-51(41-20-8-2-9-21-41)38-52(59-57)47-28-16-29-48-46(47)36-37-50-54(48)49-30-17-31-53(56(49)60-55(50)42-22-10-3-11-23-42)61(44-24-12-4-13-25-44)45-26-14-5-15-27-45/h1-38H. The summed E-state index contributed by atoms with van der Waals surface area (Å²) in [6.45, 7) is 0. The lowest BCUT2D eigenvalue weighted by atomic mass is 9.92. The number of aromatic nitrogens is 3. The van der Waals surface area contributed by atoms with Crippen LogP contribution in [0.25, 0.3) is 88.7 Å². The summed E-state index contributed by atoms with van der Waals surface area (Å²) in [5, 5.41) is 5.58. The molecule has 9 aromatic carbocycles. The molecule has 0 aliphatic heterocycles. The van der Waals surface area contributed by atoms with E-state index in [2.05, 4.69) is 223 Å². The molecular formula is C57H38N4. The number of pyridine rings is 1. The molecule has 11 aromatic rings. The predicted octanol–water partition coefficient (Wildman–Crippen LogP) is 15.1. The minimum Gasteiger partial charge on any atom is -0.308 e. The second-order valence-electron chi connectivity index (χ2n) is 15.2. The van der Waals surface area contributed by atoms with Crippen LogP contribution in [0.2, 0.25) is 0 Å². The molecule has 0 radical (unpaired) electrons. The molecule has 0 fully saturated rings. The molecule has 286 valence electrons. The van der Waals surface area contributed by atoms with Crippen molar-refractivity contribution in [3.05, 3.63) is 231 Å². The molecule has 2 heterocycles. The normalized spacial score (nSPS) is 11.3.